The predicted octanol–water partition coefficient (Wildman–Crippen LogP) is 2.10. The molecule has 1 spiro atoms. The van der Waals surface area contributed by atoms with Crippen LogP contribution in [0.15, 0.2) is 0 Å². The normalized spacial score (nSPS) is 30.1. The Morgan fingerprint density at radius 1 is 1.15 bits per heavy atom. The molecule has 2 fully saturated rings. The lowest BCUT2D eigenvalue weighted by molar-refractivity contribution is -0.172. The molecule has 0 amide bonds. The van der Waals surface area contributed by atoms with Crippen LogP contribution in [0.5, 0.6) is 0 Å². The van der Waals surface area contributed by atoms with Gasteiger partial charge in [0.1, 0.15) is 0 Å². The highest BCUT2D eigenvalue weighted by atomic mass is 16.5. The van der Waals surface area contributed by atoms with E-state index in [4.69, 9.17) is 9.47 Å². The van der Waals surface area contributed by atoms with Crippen molar-refractivity contribution in [2.75, 3.05) is 26.4 Å². The molecule has 0 radical (unpaired) electrons. The van der Waals surface area contributed by atoms with Gasteiger partial charge >= 0.3 is 0 Å². The summed E-state index contributed by atoms with van der Waals surface area (Å²) < 4.78 is 11.5. The molecule has 0 saturated carbocycles. The van der Waals surface area contributed by atoms with Crippen molar-refractivity contribution in [3.63, 3.8) is 0 Å². The number of β-amino-alcohol motifs (C(OH)–C–C–N with tert-alkyl or cyclic N) is 1. The van der Waals surface area contributed by atoms with Crippen LogP contribution in [0.4, 0.5) is 0 Å². The van der Waals surface area contributed by atoms with Gasteiger partial charge < -0.3 is 19.9 Å². The summed E-state index contributed by atoms with van der Waals surface area (Å²) in [7, 11) is 0. The Kier molecular flexibility index (Phi) is 4.80. The molecule has 0 aromatic carbocycles. The van der Waals surface area contributed by atoms with E-state index >= 15 is 0 Å². The fourth-order valence-electron chi connectivity index (χ4n) is 3.24. The van der Waals surface area contributed by atoms with E-state index in [0.717, 1.165) is 45.5 Å². The summed E-state index contributed by atoms with van der Waals surface area (Å²) in [5.41, 5.74) is -0.694. The minimum Gasteiger partial charge on any atom is -0.389 e. The van der Waals surface area contributed by atoms with Gasteiger partial charge in [-0.2, -0.15) is 0 Å². The molecule has 0 aliphatic carbocycles. The van der Waals surface area contributed by atoms with Gasteiger partial charge in [-0.25, -0.2) is 0 Å². The summed E-state index contributed by atoms with van der Waals surface area (Å²) in [5.74, 6) is 0.296. The first-order chi connectivity index (χ1) is 9.23. The summed E-state index contributed by atoms with van der Waals surface area (Å²) in [6, 6.07) is 0. The van der Waals surface area contributed by atoms with Crippen LogP contribution in [0.25, 0.3) is 0 Å². The molecule has 0 aromatic heterocycles. The maximum absolute atomic E-state index is 10.9. The second-order valence-electron chi connectivity index (χ2n) is 7.79. The minimum absolute atomic E-state index is 0.0333. The zero-order valence-corrected chi connectivity index (χ0v) is 13.5. The third kappa shape index (κ3) is 4.17. The highest BCUT2D eigenvalue weighted by Gasteiger charge is 2.44. The summed E-state index contributed by atoms with van der Waals surface area (Å²) in [5, 5.41) is 14.3. The monoisotopic (exact) mass is 285 g/mol. The molecule has 4 heteroatoms. The Morgan fingerprint density at radius 3 is 2.40 bits per heavy atom. The molecule has 2 N–H and O–H groups in total. The van der Waals surface area contributed by atoms with Gasteiger partial charge in [0.2, 0.25) is 0 Å². The van der Waals surface area contributed by atoms with Crippen molar-refractivity contribution < 1.29 is 14.6 Å². The van der Waals surface area contributed by atoms with E-state index < -0.39 is 5.60 Å². The Bertz CT molecular complexity index is 311. The first-order valence-electron chi connectivity index (χ1n) is 7.92. The Morgan fingerprint density at radius 2 is 1.80 bits per heavy atom. The lowest BCUT2D eigenvalue weighted by Gasteiger charge is -2.47. The second-order valence-corrected chi connectivity index (χ2v) is 7.79. The fraction of sp³-hybridized carbons (Fsp3) is 1.00. The van der Waals surface area contributed by atoms with E-state index in [1.165, 1.54) is 0 Å². The number of nitrogens with one attached hydrogen (secondary N) is 1. The molecule has 2 aliphatic heterocycles. The van der Waals surface area contributed by atoms with Crippen molar-refractivity contribution in [2.24, 2.45) is 5.92 Å². The number of rotatable bonds is 3. The molecule has 0 aromatic rings. The molecule has 2 saturated heterocycles. The fourth-order valence-corrected chi connectivity index (χ4v) is 3.24. The largest absolute Gasteiger partial charge is 0.389 e. The van der Waals surface area contributed by atoms with Gasteiger partial charge in [-0.3, -0.25) is 0 Å². The van der Waals surface area contributed by atoms with Crippen LogP contribution < -0.4 is 5.32 Å². The molecular formula is C16H31NO3. The SMILES string of the molecule is CC(C)(C)NCC(C)(O)C1CCOC2(CCOCC2)C1. The molecule has 118 valence electrons. The van der Waals surface area contributed by atoms with Crippen molar-refractivity contribution in [2.45, 2.75) is 70.1 Å². The Labute approximate surface area is 123 Å². The van der Waals surface area contributed by atoms with E-state index in [1.54, 1.807) is 0 Å². The quantitative estimate of drug-likeness (QED) is 0.834. The van der Waals surface area contributed by atoms with Crippen molar-refractivity contribution >= 4 is 0 Å². The maximum Gasteiger partial charge on any atom is 0.0773 e. The molecule has 2 rings (SSSR count). The summed E-state index contributed by atoms with van der Waals surface area (Å²) >= 11 is 0. The van der Waals surface area contributed by atoms with Crippen LogP contribution in [-0.2, 0) is 9.47 Å². The standard InChI is InChI=1S/C16H31NO3/c1-14(2,3)17-12-15(4,18)13-5-8-20-16(11-13)6-9-19-10-7-16/h13,17-18H,5-12H2,1-4H3. The van der Waals surface area contributed by atoms with Crippen LogP contribution in [0, 0.1) is 5.92 Å². The van der Waals surface area contributed by atoms with Gasteiger partial charge in [0.15, 0.2) is 0 Å². The molecule has 2 aliphatic rings. The Balaban J connectivity index is 1.96. The maximum atomic E-state index is 10.9. The first kappa shape index (κ1) is 16.2. The van der Waals surface area contributed by atoms with Gasteiger partial charge in [0, 0.05) is 31.9 Å². The third-order valence-electron chi connectivity index (χ3n) is 4.75. The molecule has 20 heavy (non-hydrogen) atoms. The van der Waals surface area contributed by atoms with Crippen LogP contribution in [0.1, 0.15) is 53.4 Å². The van der Waals surface area contributed by atoms with Gasteiger partial charge in [-0.15, -0.1) is 0 Å². The Hall–Kier alpha value is -0.160. The number of hydrogen-bond donors (Lipinski definition) is 2. The summed E-state index contributed by atoms with van der Waals surface area (Å²) in [6.45, 7) is 11.3. The van der Waals surface area contributed by atoms with E-state index in [1.807, 2.05) is 6.92 Å². The van der Waals surface area contributed by atoms with Crippen LogP contribution >= 0.6 is 0 Å². The van der Waals surface area contributed by atoms with Crippen molar-refractivity contribution in [1.29, 1.82) is 0 Å². The number of hydrogen-bond acceptors (Lipinski definition) is 4. The third-order valence-corrected chi connectivity index (χ3v) is 4.75. The first-order valence-corrected chi connectivity index (χ1v) is 7.92. The highest BCUT2D eigenvalue weighted by Crippen LogP contribution is 2.40. The van der Waals surface area contributed by atoms with E-state index in [0.29, 0.717) is 12.5 Å². The molecule has 2 unspecified atom stereocenters. The minimum atomic E-state index is -0.678. The van der Waals surface area contributed by atoms with Crippen LogP contribution in [-0.4, -0.2) is 48.2 Å². The summed E-state index contributed by atoms with van der Waals surface area (Å²) in [4.78, 5) is 0. The smallest absolute Gasteiger partial charge is 0.0773 e. The molecule has 0 bridgehead atoms. The molecule has 2 atom stereocenters. The number of aliphatic hydroxyl groups is 1. The van der Waals surface area contributed by atoms with Gasteiger partial charge in [-0.1, -0.05) is 0 Å². The number of ether oxygens (including phenoxy) is 2. The van der Waals surface area contributed by atoms with Gasteiger partial charge in [0.05, 0.1) is 11.2 Å². The topological polar surface area (TPSA) is 50.7 Å². The van der Waals surface area contributed by atoms with E-state index in [9.17, 15) is 5.11 Å². The molecular weight excluding hydrogens is 254 g/mol. The highest BCUT2D eigenvalue weighted by molar-refractivity contribution is 4.96. The lowest BCUT2D eigenvalue weighted by atomic mass is 9.73. The van der Waals surface area contributed by atoms with Crippen molar-refractivity contribution in [3.8, 4) is 0 Å². The zero-order valence-electron chi connectivity index (χ0n) is 13.5. The van der Waals surface area contributed by atoms with Crippen molar-refractivity contribution in [1.82, 2.24) is 5.32 Å². The van der Waals surface area contributed by atoms with Crippen LogP contribution in [0.2, 0.25) is 0 Å². The lowest BCUT2D eigenvalue weighted by Crippen LogP contribution is -2.54. The summed E-state index contributed by atoms with van der Waals surface area (Å²) in [6.07, 6.45) is 3.83. The van der Waals surface area contributed by atoms with Gasteiger partial charge in [0.25, 0.3) is 0 Å². The van der Waals surface area contributed by atoms with E-state index in [-0.39, 0.29) is 11.1 Å². The van der Waals surface area contributed by atoms with Crippen molar-refractivity contribution in [3.05, 3.63) is 0 Å². The zero-order chi connectivity index (χ0) is 14.9. The average Bonchev–Trinajstić information content (AvgIpc) is 2.37. The second kappa shape index (κ2) is 5.91. The average molecular weight is 285 g/mol. The van der Waals surface area contributed by atoms with Crippen LogP contribution in [0.3, 0.4) is 0 Å². The molecule has 4 nitrogen and oxygen atoms in total. The predicted molar refractivity (Wildman–Crippen MR) is 79.8 cm³/mol. The van der Waals surface area contributed by atoms with E-state index in [2.05, 4.69) is 26.1 Å². The molecule has 2 heterocycles. The van der Waals surface area contributed by atoms with Gasteiger partial charge in [-0.05, 0) is 59.3 Å².